The topological polar surface area (TPSA) is 66.6 Å². The molecule has 0 spiro atoms. The Labute approximate surface area is 59.6 Å². The maximum atomic E-state index is 10.6. The van der Waals surface area contributed by atoms with Crippen molar-refractivity contribution in [3.63, 3.8) is 0 Å². The van der Waals surface area contributed by atoms with E-state index in [1.807, 2.05) is 0 Å². The van der Waals surface area contributed by atoms with Gasteiger partial charge in [-0.25, -0.2) is 0 Å². The number of likely N-dealkylation sites (tertiary alicyclic amines) is 1. The van der Waals surface area contributed by atoms with Crippen LogP contribution in [0.1, 0.15) is 6.42 Å². The van der Waals surface area contributed by atoms with Crippen molar-refractivity contribution in [1.82, 2.24) is 4.90 Å². The highest BCUT2D eigenvalue weighted by Crippen LogP contribution is 2.14. The van der Waals surface area contributed by atoms with Crippen molar-refractivity contribution < 1.29 is 9.90 Å². The molecule has 1 aliphatic heterocycles. The van der Waals surface area contributed by atoms with Gasteiger partial charge in [-0.15, -0.1) is 0 Å². The number of amides is 1. The molecule has 1 saturated heterocycles. The molecule has 4 nitrogen and oxygen atoms in total. The van der Waals surface area contributed by atoms with Crippen LogP contribution in [-0.4, -0.2) is 41.7 Å². The number of likely N-dealkylation sites (N-methyl/N-ethyl adjacent to an activating group) is 1. The quantitative estimate of drug-likeness (QED) is 0.472. The zero-order valence-corrected chi connectivity index (χ0v) is 5.95. The van der Waals surface area contributed by atoms with Gasteiger partial charge in [0.05, 0.1) is 12.1 Å². The first kappa shape index (κ1) is 7.50. The number of nitrogens with zero attached hydrogens (tertiary/aromatic N) is 1. The third-order valence-corrected chi connectivity index (χ3v) is 1.85. The van der Waals surface area contributed by atoms with Gasteiger partial charge < -0.3 is 10.8 Å². The summed E-state index contributed by atoms with van der Waals surface area (Å²) in [5, 5.41) is 9.07. The smallest absolute Gasteiger partial charge is 0.234 e. The van der Waals surface area contributed by atoms with Gasteiger partial charge in [-0.05, 0) is 13.5 Å². The molecular weight excluding hydrogens is 132 g/mol. The minimum absolute atomic E-state index is 0.269. The average Bonchev–Trinajstić information content (AvgIpc) is 2.10. The lowest BCUT2D eigenvalue weighted by Crippen LogP contribution is -2.37. The number of primary amides is 1. The molecule has 0 unspecified atom stereocenters. The molecule has 1 aliphatic rings. The third kappa shape index (κ3) is 1.27. The number of β-amino-alcohol motifs (C(OH)–C–C–N with tert-alkyl or cyclic N) is 1. The van der Waals surface area contributed by atoms with Crippen molar-refractivity contribution in [3.05, 3.63) is 0 Å². The molecule has 1 heterocycles. The van der Waals surface area contributed by atoms with Crippen molar-refractivity contribution in [1.29, 1.82) is 0 Å². The van der Waals surface area contributed by atoms with Crippen molar-refractivity contribution in [2.75, 3.05) is 13.6 Å². The third-order valence-electron chi connectivity index (χ3n) is 1.85. The minimum Gasteiger partial charge on any atom is -0.392 e. The maximum absolute atomic E-state index is 10.6. The second-order valence-electron chi connectivity index (χ2n) is 2.75. The van der Waals surface area contributed by atoms with Crippen LogP contribution < -0.4 is 5.73 Å². The zero-order chi connectivity index (χ0) is 7.72. The molecule has 0 aromatic carbocycles. The molecule has 3 N–H and O–H groups in total. The highest BCUT2D eigenvalue weighted by atomic mass is 16.3. The Hall–Kier alpha value is -0.610. The first-order valence-electron chi connectivity index (χ1n) is 3.29. The van der Waals surface area contributed by atoms with Gasteiger partial charge in [0.25, 0.3) is 0 Å². The standard InChI is InChI=1S/C6H12N2O2/c1-8-3-4(9)2-5(8)6(7)10/h4-5,9H,2-3H2,1H3,(H2,7,10)/t4-,5-/m1/s1. The van der Waals surface area contributed by atoms with E-state index in [1.165, 1.54) is 0 Å². The van der Waals surface area contributed by atoms with Gasteiger partial charge in [-0.1, -0.05) is 0 Å². The summed E-state index contributed by atoms with van der Waals surface area (Å²) in [7, 11) is 1.78. The monoisotopic (exact) mass is 144 g/mol. The fourth-order valence-corrected chi connectivity index (χ4v) is 1.31. The largest absolute Gasteiger partial charge is 0.392 e. The number of hydrogen-bond donors (Lipinski definition) is 2. The van der Waals surface area contributed by atoms with Crippen LogP contribution in [0.3, 0.4) is 0 Å². The van der Waals surface area contributed by atoms with E-state index in [4.69, 9.17) is 10.8 Å². The molecule has 0 bridgehead atoms. The molecule has 0 saturated carbocycles. The van der Waals surface area contributed by atoms with Gasteiger partial charge in [0.15, 0.2) is 0 Å². The Morgan fingerprint density at radius 1 is 1.80 bits per heavy atom. The van der Waals surface area contributed by atoms with Crippen LogP contribution in [0.5, 0.6) is 0 Å². The van der Waals surface area contributed by atoms with Gasteiger partial charge in [-0.3, -0.25) is 9.69 Å². The van der Waals surface area contributed by atoms with E-state index in [1.54, 1.807) is 11.9 Å². The Balaban J connectivity index is 2.54. The van der Waals surface area contributed by atoms with Crippen LogP contribution in [0.2, 0.25) is 0 Å². The Bertz CT molecular complexity index is 149. The molecule has 0 aliphatic carbocycles. The maximum Gasteiger partial charge on any atom is 0.234 e. The molecule has 1 amide bonds. The molecule has 1 rings (SSSR count). The highest BCUT2D eigenvalue weighted by molar-refractivity contribution is 5.80. The minimum atomic E-state index is -0.387. The van der Waals surface area contributed by atoms with Crippen LogP contribution in [0.25, 0.3) is 0 Å². The van der Waals surface area contributed by atoms with Crippen molar-refractivity contribution in [3.8, 4) is 0 Å². The number of carbonyl (C=O) groups is 1. The van der Waals surface area contributed by atoms with E-state index in [-0.39, 0.29) is 18.1 Å². The molecule has 10 heavy (non-hydrogen) atoms. The molecule has 1 fully saturated rings. The van der Waals surface area contributed by atoms with Gasteiger partial charge in [0.1, 0.15) is 0 Å². The average molecular weight is 144 g/mol. The van der Waals surface area contributed by atoms with Gasteiger partial charge in [0, 0.05) is 6.54 Å². The van der Waals surface area contributed by atoms with Crippen molar-refractivity contribution >= 4 is 5.91 Å². The molecule has 2 atom stereocenters. The second-order valence-corrected chi connectivity index (χ2v) is 2.75. The van der Waals surface area contributed by atoms with Crippen LogP contribution in [0.15, 0.2) is 0 Å². The molecule has 58 valence electrons. The summed E-state index contributed by atoms with van der Waals surface area (Å²) in [5.41, 5.74) is 5.06. The fourth-order valence-electron chi connectivity index (χ4n) is 1.31. The summed E-state index contributed by atoms with van der Waals surface area (Å²) in [4.78, 5) is 12.4. The summed E-state index contributed by atoms with van der Waals surface area (Å²) >= 11 is 0. The van der Waals surface area contributed by atoms with E-state index in [2.05, 4.69) is 0 Å². The fraction of sp³-hybridized carbons (Fsp3) is 0.833. The Kier molecular flexibility index (Phi) is 1.92. The summed E-state index contributed by atoms with van der Waals surface area (Å²) in [6.07, 6.45) is 0.0914. The lowest BCUT2D eigenvalue weighted by molar-refractivity contribution is -0.121. The predicted molar refractivity (Wildman–Crippen MR) is 36.2 cm³/mol. The summed E-state index contributed by atoms with van der Waals surface area (Å²) in [6, 6.07) is -0.269. The lowest BCUT2D eigenvalue weighted by Gasteiger charge is -2.13. The number of nitrogens with two attached hydrogens (primary N) is 1. The van der Waals surface area contributed by atoms with Crippen LogP contribution >= 0.6 is 0 Å². The SMILES string of the molecule is CN1C[C@H](O)C[C@@H]1C(N)=O. The van der Waals surface area contributed by atoms with E-state index >= 15 is 0 Å². The highest BCUT2D eigenvalue weighted by Gasteiger charge is 2.31. The van der Waals surface area contributed by atoms with E-state index in [0.29, 0.717) is 13.0 Å². The summed E-state index contributed by atoms with van der Waals surface area (Å²) in [5.74, 6) is -0.348. The Morgan fingerprint density at radius 2 is 2.40 bits per heavy atom. The number of rotatable bonds is 1. The lowest BCUT2D eigenvalue weighted by atomic mass is 10.2. The summed E-state index contributed by atoms with van der Waals surface area (Å²) < 4.78 is 0. The first-order valence-corrected chi connectivity index (χ1v) is 3.29. The molecule has 0 aromatic heterocycles. The normalized spacial score (nSPS) is 34.6. The van der Waals surface area contributed by atoms with Gasteiger partial charge in [-0.2, -0.15) is 0 Å². The molecule has 0 radical (unpaired) electrons. The number of aliphatic hydroxyl groups excluding tert-OH is 1. The zero-order valence-electron chi connectivity index (χ0n) is 5.95. The van der Waals surface area contributed by atoms with Crippen LogP contribution in [0, 0.1) is 0 Å². The van der Waals surface area contributed by atoms with E-state index in [0.717, 1.165) is 0 Å². The Morgan fingerprint density at radius 3 is 2.60 bits per heavy atom. The van der Waals surface area contributed by atoms with E-state index < -0.39 is 0 Å². The molecular formula is C6H12N2O2. The van der Waals surface area contributed by atoms with E-state index in [9.17, 15) is 4.79 Å². The second kappa shape index (κ2) is 2.56. The van der Waals surface area contributed by atoms with Crippen LogP contribution in [0.4, 0.5) is 0 Å². The molecule has 0 aromatic rings. The van der Waals surface area contributed by atoms with Crippen LogP contribution in [-0.2, 0) is 4.79 Å². The van der Waals surface area contributed by atoms with Gasteiger partial charge >= 0.3 is 0 Å². The summed E-state index contributed by atoms with van der Waals surface area (Å²) in [6.45, 7) is 0.549. The van der Waals surface area contributed by atoms with Gasteiger partial charge in [0.2, 0.25) is 5.91 Å². The first-order chi connectivity index (χ1) is 4.61. The number of aliphatic hydroxyl groups is 1. The number of carbonyl (C=O) groups excluding carboxylic acids is 1. The predicted octanol–water partition coefficient (Wildman–Crippen LogP) is -1.46. The van der Waals surface area contributed by atoms with Crippen molar-refractivity contribution in [2.24, 2.45) is 5.73 Å². The number of hydrogen-bond acceptors (Lipinski definition) is 3. The van der Waals surface area contributed by atoms with Crippen molar-refractivity contribution in [2.45, 2.75) is 18.6 Å². The molecule has 4 heteroatoms.